The van der Waals surface area contributed by atoms with E-state index in [0.29, 0.717) is 0 Å². The first-order chi connectivity index (χ1) is 12.5. The number of sulfone groups is 1. The second-order valence-corrected chi connectivity index (χ2v) is 8.84. The highest BCUT2D eigenvalue weighted by molar-refractivity contribution is 7.90. The molecule has 26 heavy (non-hydrogen) atoms. The molecule has 2 aromatic rings. The lowest BCUT2D eigenvalue weighted by atomic mass is 9.97. The van der Waals surface area contributed by atoms with E-state index < -0.39 is 9.84 Å². The molecule has 140 valence electrons. The Morgan fingerprint density at radius 3 is 2.31 bits per heavy atom. The molecule has 5 nitrogen and oxygen atoms in total. The summed E-state index contributed by atoms with van der Waals surface area (Å²) in [5.74, 6) is -0.0748. The number of hydrogen-bond acceptors (Lipinski definition) is 4. The van der Waals surface area contributed by atoms with Gasteiger partial charge in [0.25, 0.3) is 5.91 Å². The summed E-state index contributed by atoms with van der Waals surface area (Å²) in [5, 5.41) is 3.03. The molecular weight excluding hydrogens is 350 g/mol. The molecule has 0 spiro atoms. The Balaban J connectivity index is 1.62. The van der Waals surface area contributed by atoms with Gasteiger partial charge >= 0.3 is 0 Å². The fourth-order valence-electron chi connectivity index (χ4n) is 3.33. The highest BCUT2D eigenvalue weighted by Crippen LogP contribution is 2.20. The molecule has 1 aliphatic carbocycles. The average Bonchev–Trinajstić information content (AvgIpc) is 3.06. The van der Waals surface area contributed by atoms with Crippen LogP contribution in [0.15, 0.2) is 51.8 Å². The van der Waals surface area contributed by atoms with Gasteiger partial charge in [0.05, 0.1) is 4.90 Å². The van der Waals surface area contributed by atoms with Crippen LogP contribution in [0, 0.1) is 0 Å². The number of carbonyl (C=O) groups is 1. The van der Waals surface area contributed by atoms with Crippen molar-refractivity contribution in [3.05, 3.63) is 54.0 Å². The quantitative estimate of drug-likeness (QED) is 0.854. The van der Waals surface area contributed by atoms with E-state index in [9.17, 15) is 13.2 Å². The van der Waals surface area contributed by atoms with Gasteiger partial charge in [-0.2, -0.15) is 0 Å². The van der Waals surface area contributed by atoms with Crippen molar-refractivity contribution >= 4 is 15.7 Å². The van der Waals surface area contributed by atoms with Crippen LogP contribution in [0.4, 0.5) is 0 Å². The molecule has 1 saturated carbocycles. The molecule has 0 saturated heterocycles. The summed E-state index contributed by atoms with van der Waals surface area (Å²) < 4.78 is 30.3. The van der Waals surface area contributed by atoms with E-state index in [-0.39, 0.29) is 34.1 Å². The maximum atomic E-state index is 12.4. The predicted molar refractivity (Wildman–Crippen MR) is 99.6 cm³/mol. The van der Waals surface area contributed by atoms with Crippen LogP contribution in [0.5, 0.6) is 0 Å². The molecule has 1 heterocycles. The molecule has 1 aromatic heterocycles. The molecule has 6 heteroatoms. The minimum Gasteiger partial charge on any atom is -0.455 e. The number of carbonyl (C=O) groups excluding carboxylic acids is 1. The van der Waals surface area contributed by atoms with Gasteiger partial charge in [-0.25, -0.2) is 8.42 Å². The number of furan rings is 1. The highest BCUT2D eigenvalue weighted by Gasteiger charge is 2.21. The van der Waals surface area contributed by atoms with E-state index >= 15 is 0 Å². The van der Waals surface area contributed by atoms with Crippen molar-refractivity contribution in [3.63, 3.8) is 0 Å². The fourth-order valence-corrected chi connectivity index (χ4v) is 4.60. The molecule has 1 N–H and O–H groups in total. The maximum Gasteiger partial charge on any atom is 0.287 e. The van der Waals surface area contributed by atoms with Crippen molar-refractivity contribution in [2.24, 2.45) is 0 Å². The minimum absolute atomic E-state index is 0.171. The van der Waals surface area contributed by atoms with E-state index in [0.717, 1.165) is 25.7 Å². The molecule has 3 rings (SSSR count). The third kappa shape index (κ3) is 4.97. The van der Waals surface area contributed by atoms with E-state index in [4.69, 9.17) is 4.42 Å². The Morgan fingerprint density at radius 1 is 0.962 bits per heavy atom. The van der Waals surface area contributed by atoms with E-state index in [1.54, 1.807) is 42.5 Å². The van der Waals surface area contributed by atoms with Gasteiger partial charge in [-0.3, -0.25) is 4.79 Å². The van der Waals surface area contributed by atoms with Crippen LogP contribution in [-0.2, 0) is 15.6 Å². The summed E-state index contributed by atoms with van der Waals surface area (Å²) in [6, 6.07) is 11.5. The Bertz CT molecular complexity index is 819. The largest absolute Gasteiger partial charge is 0.455 e. The fraction of sp³-hybridized carbons (Fsp3) is 0.450. The van der Waals surface area contributed by atoms with Crippen molar-refractivity contribution in [1.29, 1.82) is 0 Å². The molecule has 0 radical (unpaired) electrons. The van der Waals surface area contributed by atoms with Gasteiger partial charge in [0.15, 0.2) is 15.6 Å². The third-order valence-corrected chi connectivity index (χ3v) is 6.42. The first-order valence-electron chi connectivity index (χ1n) is 9.22. The standard InChI is InChI=1S/C20H25NO4S/c22-20(21-16-9-5-2-1-3-6-10-16)19-14-13-17(25-19)15-26(23,24)18-11-7-4-8-12-18/h4,7-8,11-14,16H,1-3,5-6,9-10,15H2,(H,21,22). The van der Waals surface area contributed by atoms with Crippen molar-refractivity contribution in [3.8, 4) is 0 Å². The molecule has 0 bridgehead atoms. The third-order valence-electron chi connectivity index (χ3n) is 4.76. The minimum atomic E-state index is -3.49. The second kappa shape index (κ2) is 8.54. The van der Waals surface area contributed by atoms with Crippen LogP contribution in [0.25, 0.3) is 0 Å². The summed E-state index contributed by atoms with van der Waals surface area (Å²) in [6.45, 7) is 0. The molecule has 0 unspecified atom stereocenters. The van der Waals surface area contributed by atoms with Crippen molar-refractivity contribution in [2.45, 2.75) is 61.6 Å². The van der Waals surface area contributed by atoms with Crippen LogP contribution in [0.2, 0.25) is 0 Å². The Hall–Kier alpha value is -2.08. The predicted octanol–water partition coefficient (Wildman–Crippen LogP) is 4.10. The van der Waals surface area contributed by atoms with Gasteiger partial charge in [-0.15, -0.1) is 0 Å². The van der Waals surface area contributed by atoms with Crippen molar-refractivity contribution < 1.29 is 17.6 Å². The van der Waals surface area contributed by atoms with Gasteiger partial charge in [0.2, 0.25) is 0 Å². The SMILES string of the molecule is O=C(NC1CCCCCCC1)c1ccc(CS(=O)(=O)c2ccccc2)o1. The van der Waals surface area contributed by atoms with Gasteiger partial charge < -0.3 is 9.73 Å². The maximum absolute atomic E-state index is 12.4. The molecule has 0 atom stereocenters. The van der Waals surface area contributed by atoms with Gasteiger partial charge in [0.1, 0.15) is 11.5 Å². The van der Waals surface area contributed by atoms with E-state index in [1.807, 2.05) is 0 Å². The van der Waals surface area contributed by atoms with Crippen LogP contribution < -0.4 is 5.32 Å². The number of hydrogen-bond donors (Lipinski definition) is 1. The monoisotopic (exact) mass is 375 g/mol. The second-order valence-electron chi connectivity index (χ2n) is 6.85. The molecule has 1 aliphatic rings. The summed E-state index contributed by atoms with van der Waals surface area (Å²) in [5.41, 5.74) is 0. The number of benzene rings is 1. The average molecular weight is 375 g/mol. The lowest BCUT2D eigenvalue weighted by molar-refractivity contribution is 0.0901. The zero-order chi connectivity index (χ0) is 18.4. The van der Waals surface area contributed by atoms with Gasteiger partial charge in [-0.05, 0) is 37.1 Å². The normalized spacial score (nSPS) is 16.6. The number of amides is 1. The van der Waals surface area contributed by atoms with Crippen LogP contribution >= 0.6 is 0 Å². The lowest BCUT2D eigenvalue weighted by Crippen LogP contribution is -2.35. The Kier molecular flexibility index (Phi) is 6.14. The zero-order valence-electron chi connectivity index (χ0n) is 14.8. The van der Waals surface area contributed by atoms with E-state index in [1.165, 1.54) is 19.3 Å². The van der Waals surface area contributed by atoms with Crippen LogP contribution in [-0.4, -0.2) is 20.4 Å². The van der Waals surface area contributed by atoms with Crippen LogP contribution in [0.1, 0.15) is 61.3 Å². The Labute approximate surface area is 154 Å². The first kappa shape index (κ1) is 18.7. The van der Waals surface area contributed by atoms with Crippen LogP contribution in [0.3, 0.4) is 0 Å². The number of nitrogens with one attached hydrogen (secondary N) is 1. The first-order valence-corrected chi connectivity index (χ1v) is 10.9. The van der Waals surface area contributed by atoms with Crippen molar-refractivity contribution in [2.75, 3.05) is 0 Å². The summed E-state index contributed by atoms with van der Waals surface area (Å²) >= 11 is 0. The summed E-state index contributed by atoms with van der Waals surface area (Å²) in [7, 11) is -3.49. The topological polar surface area (TPSA) is 76.4 Å². The molecular formula is C20H25NO4S. The summed E-state index contributed by atoms with van der Waals surface area (Å²) in [6.07, 6.45) is 7.94. The van der Waals surface area contributed by atoms with Gasteiger partial charge in [0, 0.05) is 6.04 Å². The number of rotatable bonds is 5. The molecule has 0 aliphatic heterocycles. The van der Waals surface area contributed by atoms with E-state index in [2.05, 4.69) is 5.32 Å². The smallest absolute Gasteiger partial charge is 0.287 e. The molecule has 1 fully saturated rings. The molecule has 1 aromatic carbocycles. The highest BCUT2D eigenvalue weighted by atomic mass is 32.2. The van der Waals surface area contributed by atoms with Crippen molar-refractivity contribution in [1.82, 2.24) is 5.32 Å². The molecule has 1 amide bonds. The zero-order valence-corrected chi connectivity index (χ0v) is 15.6. The van der Waals surface area contributed by atoms with Gasteiger partial charge in [-0.1, -0.05) is 50.3 Å². The summed E-state index contributed by atoms with van der Waals surface area (Å²) in [4.78, 5) is 12.7. The lowest BCUT2D eigenvalue weighted by Gasteiger charge is -2.20. The Morgan fingerprint density at radius 2 is 1.62 bits per heavy atom.